The van der Waals surface area contributed by atoms with E-state index in [0.29, 0.717) is 5.02 Å². The fraction of sp³-hybridized carbons (Fsp3) is 0.529. The maximum atomic E-state index is 12.6. The maximum absolute atomic E-state index is 12.6. The summed E-state index contributed by atoms with van der Waals surface area (Å²) in [5.41, 5.74) is 1.90. The van der Waals surface area contributed by atoms with Crippen LogP contribution in [-0.2, 0) is 11.8 Å². The molecule has 0 aliphatic carbocycles. The third-order valence-corrected chi connectivity index (χ3v) is 5.89. The van der Waals surface area contributed by atoms with Crippen LogP contribution in [0.25, 0.3) is 11.0 Å². The van der Waals surface area contributed by atoms with Crippen LogP contribution in [0.15, 0.2) is 23.4 Å². The molecule has 1 aliphatic heterocycles. The second-order valence-corrected chi connectivity index (χ2v) is 8.10. The highest BCUT2D eigenvalue weighted by Gasteiger charge is 2.26. The molecule has 124 valence electrons. The van der Waals surface area contributed by atoms with Crippen LogP contribution in [0.3, 0.4) is 0 Å². The molecular weight excluding hydrogens is 330 g/mol. The number of thioether (sulfide) groups is 1. The van der Waals surface area contributed by atoms with E-state index >= 15 is 0 Å². The monoisotopic (exact) mass is 351 g/mol. The minimum atomic E-state index is -0.130. The van der Waals surface area contributed by atoms with E-state index in [2.05, 4.69) is 11.9 Å². The Morgan fingerprint density at radius 3 is 2.78 bits per heavy atom. The number of hydrogen-bond acceptors (Lipinski definition) is 3. The van der Waals surface area contributed by atoms with Gasteiger partial charge in [-0.15, -0.1) is 0 Å². The van der Waals surface area contributed by atoms with Gasteiger partial charge in [0.25, 0.3) is 0 Å². The van der Waals surface area contributed by atoms with Gasteiger partial charge in [-0.25, -0.2) is 4.98 Å². The third-order valence-electron chi connectivity index (χ3n) is 4.53. The van der Waals surface area contributed by atoms with Gasteiger partial charge in [0.2, 0.25) is 5.91 Å². The first-order valence-corrected chi connectivity index (χ1v) is 9.29. The minimum absolute atomic E-state index is 0.130. The Bertz CT molecular complexity index is 722. The maximum Gasteiger partial charge on any atom is 0.235 e. The molecule has 1 saturated heterocycles. The highest BCUT2D eigenvalue weighted by molar-refractivity contribution is 8.00. The van der Waals surface area contributed by atoms with Crippen LogP contribution in [0.4, 0.5) is 0 Å². The van der Waals surface area contributed by atoms with E-state index in [1.54, 1.807) is 0 Å². The Kier molecular flexibility index (Phi) is 4.87. The van der Waals surface area contributed by atoms with Gasteiger partial charge in [-0.3, -0.25) is 4.79 Å². The number of benzene rings is 1. The normalized spacial score (nSPS) is 17.7. The van der Waals surface area contributed by atoms with Gasteiger partial charge in [0, 0.05) is 25.2 Å². The van der Waals surface area contributed by atoms with Crippen LogP contribution in [0, 0.1) is 5.92 Å². The molecule has 3 rings (SSSR count). The molecule has 0 bridgehead atoms. The molecule has 1 atom stereocenters. The van der Waals surface area contributed by atoms with E-state index < -0.39 is 0 Å². The number of aromatic nitrogens is 2. The summed E-state index contributed by atoms with van der Waals surface area (Å²) in [6.45, 7) is 5.98. The molecule has 0 spiro atoms. The quantitative estimate of drug-likeness (QED) is 0.785. The van der Waals surface area contributed by atoms with Crippen LogP contribution in [0.5, 0.6) is 0 Å². The summed E-state index contributed by atoms with van der Waals surface area (Å²) in [6, 6.07) is 5.69. The average Bonchev–Trinajstić information content (AvgIpc) is 2.82. The van der Waals surface area contributed by atoms with Gasteiger partial charge < -0.3 is 9.47 Å². The van der Waals surface area contributed by atoms with Crippen molar-refractivity contribution >= 4 is 40.3 Å². The number of carbonyl (C=O) groups is 1. The molecule has 1 aromatic heterocycles. The predicted octanol–water partition coefficient (Wildman–Crippen LogP) is 3.97. The first-order valence-electron chi connectivity index (χ1n) is 8.03. The molecule has 6 heteroatoms. The van der Waals surface area contributed by atoms with Crippen molar-refractivity contribution in [3.63, 3.8) is 0 Å². The summed E-state index contributed by atoms with van der Waals surface area (Å²) in [7, 11) is 1.98. The fourth-order valence-electron chi connectivity index (χ4n) is 2.95. The second-order valence-electron chi connectivity index (χ2n) is 6.35. The molecule has 23 heavy (non-hydrogen) atoms. The van der Waals surface area contributed by atoms with Crippen molar-refractivity contribution < 1.29 is 4.79 Å². The highest BCUT2D eigenvalue weighted by atomic mass is 35.5. The second kappa shape index (κ2) is 6.73. The lowest BCUT2D eigenvalue weighted by atomic mass is 9.99. The molecule has 1 aliphatic rings. The number of fused-ring (bicyclic) bond motifs is 1. The molecule has 2 heterocycles. The van der Waals surface area contributed by atoms with Crippen molar-refractivity contribution in [2.75, 3.05) is 13.1 Å². The Balaban J connectivity index is 1.73. The lowest BCUT2D eigenvalue weighted by molar-refractivity contribution is -0.131. The lowest BCUT2D eigenvalue weighted by Gasteiger charge is -2.31. The zero-order valence-electron chi connectivity index (χ0n) is 13.8. The summed E-state index contributed by atoms with van der Waals surface area (Å²) >= 11 is 7.55. The van der Waals surface area contributed by atoms with Gasteiger partial charge in [0.05, 0.1) is 16.3 Å². The van der Waals surface area contributed by atoms with Crippen molar-refractivity contribution in [1.82, 2.24) is 14.5 Å². The first kappa shape index (κ1) is 16.7. The van der Waals surface area contributed by atoms with Gasteiger partial charge >= 0.3 is 0 Å². The van der Waals surface area contributed by atoms with Gasteiger partial charge in [-0.2, -0.15) is 0 Å². The average molecular weight is 352 g/mol. The van der Waals surface area contributed by atoms with E-state index in [-0.39, 0.29) is 11.2 Å². The van der Waals surface area contributed by atoms with E-state index in [1.807, 2.05) is 41.6 Å². The zero-order valence-corrected chi connectivity index (χ0v) is 15.3. The first-order chi connectivity index (χ1) is 11.0. The minimum Gasteiger partial charge on any atom is -0.342 e. The zero-order chi connectivity index (χ0) is 16.6. The van der Waals surface area contributed by atoms with Gasteiger partial charge in [0.1, 0.15) is 0 Å². The predicted molar refractivity (Wildman–Crippen MR) is 96.0 cm³/mol. The summed E-state index contributed by atoms with van der Waals surface area (Å²) in [5.74, 6) is 0.943. The van der Waals surface area contributed by atoms with E-state index in [1.165, 1.54) is 11.8 Å². The van der Waals surface area contributed by atoms with Crippen molar-refractivity contribution in [2.24, 2.45) is 13.0 Å². The van der Waals surface area contributed by atoms with Crippen molar-refractivity contribution in [3.05, 3.63) is 23.2 Å². The molecular formula is C17H22ClN3OS. The number of aryl methyl sites for hydroxylation is 1. The summed E-state index contributed by atoms with van der Waals surface area (Å²) in [5, 5.41) is 1.40. The highest BCUT2D eigenvalue weighted by Crippen LogP contribution is 2.29. The largest absolute Gasteiger partial charge is 0.342 e. The molecule has 1 aromatic carbocycles. The van der Waals surface area contributed by atoms with Crippen LogP contribution in [-0.4, -0.2) is 38.7 Å². The number of nitrogens with zero attached hydrogens (tertiary/aromatic N) is 3. The fourth-order valence-corrected chi connectivity index (χ4v) is 4.09. The smallest absolute Gasteiger partial charge is 0.235 e. The van der Waals surface area contributed by atoms with Gasteiger partial charge in [0.15, 0.2) is 5.16 Å². The number of piperidine rings is 1. The molecule has 2 aromatic rings. The lowest BCUT2D eigenvalue weighted by Crippen LogP contribution is -2.41. The molecule has 1 amide bonds. The van der Waals surface area contributed by atoms with E-state index in [4.69, 9.17) is 11.6 Å². The molecule has 1 fully saturated rings. The van der Waals surface area contributed by atoms with Crippen LogP contribution in [0.2, 0.25) is 5.02 Å². The van der Waals surface area contributed by atoms with Gasteiger partial charge in [-0.05, 0) is 43.9 Å². The number of hydrogen-bond donors (Lipinski definition) is 0. The number of rotatable bonds is 3. The molecule has 4 nitrogen and oxygen atoms in total. The van der Waals surface area contributed by atoms with Crippen molar-refractivity contribution in [2.45, 2.75) is 37.1 Å². The van der Waals surface area contributed by atoms with Crippen molar-refractivity contribution in [1.29, 1.82) is 0 Å². The molecule has 1 unspecified atom stereocenters. The number of amides is 1. The Hall–Kier alpha value is -1.20. The van der Waals surface area contributed by atoms with Crippen molar-refractivity contribution in [3.8, 4) is 0 Å². The Morgan fingerprint density at radius 2 is 2.09 bits per heavy atom. The van der Waals surface area contributed by atoms with Gasteiger partial charge in [-0.1, -0.05) is 30.3 Å². The van der Waals surface area contributed by atoms with E-state index in [9.17, 15) is 4.79 Å². The Morgan fingerprint density at radius 1 is 1.39 bits per heavy atom. The number of halogens is 1. The standard InChI is InChI=1S/C17H22ClN3OS/c1-11-6-8-21(9-7-11)16(22)12(2)23-17-19-14-10-13(18)4-5-15(14)20(17)3/h4-5,10-12H,6-9H2,1-3H3. The Labute approximate surface area is 146 Å². The number of carbonyl (C=O) groups excluding carboxylic acids is 1. The topological polar surface area (TPSA) is 38.1 Å². The molecule has 0 radical (unpaired) electrons. The summed E-state index contributed by atoms with van der Waals surface area (Å²) in [4.78, 5) is 19.3. The summed E-state index contributed by atoms with van der Waals surface area (Å²) in [6.07, 6.45) is 2.21. The molecule has 0 saturated carbocycles. The van der Waals surface area contributed by atoms with Crippen LogP contribution in [0.1, 0.15) is 26.7 Å². The number of imidazole rings is 1. The third kappa shape index (κ3) is 3.50. The van der Waals surface area contributed by atoms with Crippen LogP contribution < -0.4 is 0 Å². The number of likely N-dealkylation sites (tertiary alicyclic amines) is 1. The SMILES string of the molecule is CC1CCN(C(=O)C(C)Sc2nc3cc(Cl)ccc3n2C)CC1. The summed E-state index contributed by atoms with van der Waals surface area (Å²) < 4.78 is 2.03. The van der Waals surface area contributed by atoms with E-state index in [0.717, 1.165) is 48.0 Å². The van der Waals surface area contributed by atoms with Crippen LogP contribution >= 0.6 is 23.4 Å². The molecule has 0 N–H and O–H groups in total.